The van der Waals surface area contributed by atoms with Crippen molar-refractivity contribution in [2.24, 2.45) is 0 Å². The number of hydrogen-bond donors (Lipinski definition) is 2. The Balaban J connectivity index is 1.96. The Bertz CT molecular complexity index is 311. The fourth-order valence-electron chi connectivity index (χ4n) is 2.15. The molecule has 0 amide bonds. The molecule has 4 nitrogen and oxygen atoms in total. The minimum absolute atomic E-state index is 0.0637. The van der Waals surface area contributed by atoms with Crippen LogP contribution in [0.5, 0.6) is 0 Å². The van der Waals surface area contributed by atoms with Gasteiger partial charge in [0.25, 0.3) is 0 Å². The van der Waals surface area contributed by atoms with E-state index in [1.165, 1.54) is 6.08 Å². The second-order valence-corrected chi connectivity index (χ2v) is 4.06. The molecule has 2 aliphatic rings. The molecule has 0 aromatic rings. The zero-order chi connectivity index (χ0) is 10.7. The maximum absolute atomic E-state index is 10.4. The molecule has 2 atom stereocenters. The molecule has 0 saturated carbocycles. The van der Waals surface area contributed by atoms with Gasteiger partial charge in [-0.3, -0.25) is 5.32 Å². The number of carboxylic acid groups (broad SMARTS) is 1. The normalized spacial score (nSPS) is 35.3. The van der Waals surface area contributed by atoms with Gasteiger partial charge in [0, 0.05) is 12.1 Å². The molecule has 2 N–H and O–H groups in total. The summed E-state index contributed by atoms with van der Waals surface area (Å²) in [5, 5.41) is 11.9. The van der Waals surface area contributed by atoms with Crippen molar-refractivity contribution in [3.8, 4) is 0 Å². The molecule has 0 aliphatic carbocycles. The van der Waals surface area contributed by atoms with Crippen molar-refractivity contribution in [1.82, 2.24) is 5.32 Å². The highest BCUT2D eigenvalue weighted by atomic mass is 16.5. The second kappa shape index (κ2) is 4.16. The van der Waals surface area contributed by atoms with Gasteiger partial charge in [0.1, 0.15) is 0 Å². The zero-order valence-electron chi connectivity index (χ0n) is 8.48. The lowest BCUT2D eigenvalue weighted by Gasteiger charge is -2.29. The average molecular weight is 209 g/mol. The lowest BCUT2D eigenvalue weighted by molar-refractivity contribution is -0.131. The molecule has 1 fully saturated rings. The standard InChI is InChI=1S/C11H15NO3/c13-10(14)3-2-9-4-6-11(12-9)5-1-7-15-8-11/h1-3,5,9,12H,4,6-8H2,(H,13,14)/b3-2+/t9-,11+/m0/s1. The van der Waals surface area contributed by atoms with Crippen molar-refractivity contribution in [3.63, 3.8) is 0 Å². The van der Waals surface area contributed by atoms with Gasteiger partial charge in [-0.1, -0.05) is 18.2 Å². The zero-order valence-corrected chi connectivity index (χ0v) is 8.48. The predicted molar refractivity (Wildman–Crippen MR) is 55.6 cm³/mol. The van der Waals surface area contributed by atoms with Crippen LogP contribution in [-0.4, -0.2) is 35.9 Å². The predicted octanol–water partition coefficient (Wildman–Crippen LogP) is 0.704. The highest BCUT2D eigenvalue weighted by Gasteiger charge is 2.36. The first-order valence-corrected chi connectivity index (χ1v) is 5.14. The van der Waals surface area contributed by atoms with Crippen LogP contribution >= 0.6 is 0 Å². The summed E-state index contributed by atoms with van der Waals surface area (Å²) in [4.78, 5) is 10.4. The molecule has 1 saturated heterocycles. The molecule has 0 radical (unpaired) electrons. The molecule has 2 rings (SSSR count). The third-order valence-electron chi connectivity index (χ3n) is 2.86. The third-order valence-corrected chi connectivity index (χ3v) is 2.86. The monoisotopic (exact) mass is 209 g/mol. The summed E-state index contributed by atoms with van der Waals surface area (Å²) in [6, 6.07) is 0.146. The van der Waals surface area contributed by atoms with Gasteiger partial charge in [-0.25, -0.2) is 4.79 Å². The first-order chi connectivity index (χ1) is 7.20. The largest absolute Gasteiger partial charge is 0.478 e. The quantitative estimate of drug-likeness (QED) is 0.519. The topological polar surface area (TPSA) is 58.6 Å². The maximum atomic E-state index is 10.4. The molecule has 15 heavy (non-hydrogen) atoms. The Labute approximate surface area is 88.6 Å². The second-order valence-electron chi connectivity index (χ2n) is 4.06. The number of aliphatic carboxylic acids is 1. The first-order valence-electron chi connectivity index (χ1n) is 5.14. The summed E-state index contributed by atoms with van der Waals surface area (Å²) in [6.45, 7) is 1.36. The maximum Gasteiger partial charge on any atom is 0.328 e. The molecule has 2 aliphatic heterocycles. The minimum Gasteiger partial charge on any atom is -0.478 e. The highest BCUT2D eigenvalue weighted by Crippen LogP contribution is 2.27. The van der Waals surface area contributed by atoms with Crippen LogP contribution in [0.2, 0.25) is 0 Å². The Morgan fingerprint density at radius 3 is 3.20 bits per heavy atom. The van der Waals surface area contributed by atoms with Crippen LogP contribution in [-0.2, 0) is 9.53 Å². The molecule has 82 valence electrons. The van der Waals surface area contributed by atoms with Crippen LogP contribution in [0.25, 0.3) is 0 Å². The number of carboxylic acids is 1. The van der Waals surface area contributed by atoms with Crippen LogP contribution < -0.4 is 5.32 Å². The third kappa shape index (κ3) is 2.46. The SMILES string of the molecule is O=C(O)/C=C/[C@H]1CC[C@@]2(C=CCOC2)N1. The number of nitrogens with one attached hydrogen (secondary N) is 1. The van der Waals surface area contributed by atoms with E-state index < -0.39 is 5.97 Å². The van der Waals surface area contributed by atoms with E-state index in [1.807, 2.05) is 6.08 Å². The van der Waals surface area contributed by atoms with Gasteiger partial charge in [0.05, 0.1) is 18.8 Å². The van der Waals surface area contributed by atoms with E-state index in [0.29, 0.717) is 13.2 Å². The van der Waals surface area contributed by atoms with Crippen LogP contribution in [0.1, 0.15) is 12.8 Å². The van der Waals surface area contributed by atoms with Crippen molar-refractivity contribution >= 4 is 5.97 Å². The number of ether oxygens (including phenoxy) is 1. The molecule has 2 heterocycles. The van der Waals surface area contributed by atoms with Gasteiger partial charge in [0.2, 0.25) is 0 Å². The van der Waals surface area contributed by atoms with Crippen LogP contribution in [0, 0.1) is 0 Å². The van der Waals surface area contributed by atoms with E-state index in [0.717, 1.165) is 12.8 Å². The number of hydrogen-bond acceptors (Lipinski definition) is 3. The molecule has 4 heteroatoms. The van der Waals surface area contributed by atoms with Gasteiger partial charge >= 0.3 is 5.97 Å². The van der Waals surface area contributed by atoms with E-state index in [2.05, 4.69) is 11.4 Å². The molecule has 0 aromatic carbocycles. The fraction of sp³-hybridized carbons (Fsp3) is 0.545. The molecular weight excluding hydrogens is 194 g/mol. The van der Waals surface area contributed by atoms with E-state index in [1.54, 1.807) is 6.08 Å². The summed E-state index contributed by atoms with van der Waals surface area (Å²) in [7, 11) is 0. The van der Waals surface area contributed by atoms with E-state index in [-0.39, 0.29) is 11.6 Å². The van der Waals surface area contributed by atoms with Gasteiger partial charge in [0.15, 0.2) is 0 Å². The average Bonchev–Trinajstić information content (AvgIpc) is 2.60. The van der Waals surface area contributed by atoms with Crippen molar-refractivity contribution in [3.05, 3.63) is 24.3 Å². The minimum atomic E-state index is -0.895. The van der Waals surface area contributed by atoms with E-state index in [4.69, 9.17) is 9.84 Å². The van der Waals surface area contributed by atoms with Crippen molar-refractivity contribution in [2.45, 2.75) is 24.4 Å². The fourth-order valence-corrected chi connectivity index (χ4v) is 2.15. The van der Waals surface area contributed by atoms with Gasteiger partial charge < -0.3 is 9.84 Å². The highest BCUT2D eigenvalue weighted by molar-refractivity contribution is 5.79. The molecule has 1 spiro atoms. The Morgan fingerprint density at radius 1 is 1.67 bits per heavy atom. The molecule has 0 bridgehead atoms. The van der Waals surface area contributed by atoms with Crippen LogP contribution in [0.15, 0.2) is 24.3 Å². The summed E-state index contributed by atoms with van der Waals surface area (Å²) < 4.78 is 5.39. The summed E-state index contributed by atoms with van der Waals surface area (Å²) in [5.41, 5.74) is -0.0637. The summed E-state index contributed by atoms with van der Waals surface area (Å²) >= 11 is 0. The summed E-state index contributed by atoms with van der Waals surface area (Å²) in [5.74, 6) is -0.895. The van der Waals surface area contributed by atoms with Crippen LogP contribution in [0.3, 0.4) is 0 Å². The lowest BCUT2D eigenvalue weighted by atomic mass is 9.97. The number of carbonyl (C=O) groups is 1. The van der Waals surface area contributed by atoms with E-state index in [9.17, 15) is 4.79 Å². The lowest BCUT2D eigenvalue weighted by Crippen LogP contribution is -2.46. The van der Waals surface area contributed by atoms with Crippen molar-refractivity contribution in [1.29, 1.82) is 0 Å². The smallest absolute Gasteiger partial charge is 0.328 e. The number of rotatable bonds is 2. The Kier molecular flexibility index (Phi) is 2.88. The van der Waals surface area contributed by atoms with Gasteiger partial charge in [-0.05, 0) is 12.8 Å². The van der Waals surface area contributed by atoms with Crippen molar-refractivity contribution in [2.75, 3.05) is 13.2 Å². The Morgan fingerprint density at radius 2 is 2.53 bits per heavy atom. The molecule has 0 aromatic heterocycles. The van der Waals surface area contributed by atoms with Crippen LogP contribution in [0.4, 0.5) is 0 Å². The summed E-state index contributed by atoms with van der Waals surface area (Å²) in [6.07, 6.45) is 9.02. The molecule has 0 unspecified atom stereocenters. The van der Waals surface area contributed by atoms with Gasteiger partial charge in [-0.15, -0.1) is 0 Å². The van der Waals surface area contributed by atoms with Crippen molar-refractivity contribution < 1.29 is 14.6 Å². The van der Waals surface area contributed by atoms with E-state index >= 15 is 0 Å². The Hall–Kier alpha value is -1.13. The first kappa shape index (κ1) is 10.4. The van der Waals surface area contributed by atoms with Gasteiger partial charge in [-0.2, -0.15) is 0 Å². The molecular formula is C11H15NO3.